The minimum Gasteiger partial charge on any atom is -0.303 e. The molecule has 9 nitrogen and oxygen atoms in total. The van der Waals surface area contributed by atoms with E-state index in [0.717, 1.165) is 16.6 Å². The Morgan fingerprint density at radius 3 is 2.54 bits per heavy atom. The number of anilines is 1. The normalized spacial score (nSPS) is 11.3. The Balaban J connectivity index is 1.39. The number of aryl methyl sites for hydroxylation is 1. The van der Waals surface area contributed by atoms with Crippen LogP contribution >= 0.6 is 55.1 Å². The summed E-state index contributed by atoms with van der Waals surface area (Å²) in [6.07, 6.45) is 5.32. The predicted octanol–water partition coefficient (Wildman–Crippen LogP) is 5.94. The minimum atomic E-state index is -0.417. The first-order valence-electron chi connectivity index (χ1n) is 10.4. The summed E-state index contributed by atoms with van der Waals surface area (Å²) in [6.45, 7) is 3.18. The van der Waals surface area contributed by atoms with E-state index in [1.807, 2.05) is 23.9 Å². The quantitative estimate of drug-likeness (QED) is 0.248. The van der Waals surface area contributed by atoms with E-state index in [-0.39, 0.29) is 5.69 Å². The van der Waals surface area contributed by atoms with Crippen LogP contribution in [-0.2, 0) is 13.1 Å². The molecule has 0 unspecified atom stereocenters. The van der Waals surface area contributed by atoms with Gasteiger partial charge in [-0.15, -0.1) is 0 Å². The van der Waals surface area contributed by atoms with E-state index in [0.29, 0.717) is 43.9 Å². The van der Waals surface area contributed by atoms with Crippen LogP contribution in [0.2, 0.25) is 10.0 Å². The van der Waals surface area contributed by atoms with Gasteiger partial charge in [0.15, 0.2) is 17.2 Å². The average Bonchev–Trinajstić information content (AvgIpc) is 3.52. The van der Waals surface area contributed by atoms with Crippen molar-refractivity contribution < 1.29 is 4.79 Å². The van der Waals surface area contributed by atoms with Crippen molar-refractivity contribution in [3.63, 3.8) is 0 Å². The second-order valence-corrected chi connectivity index (χ2v) is 10.1. The molecule has 0 aliphatic rings. The standard InChI is InChI=1S/C22H16Br2Cl2N8O/c1-2-32-10-13(23)20(30-32)18-5-6-27-19-8-17(29-34(18)19)22(35)28-21-14(24)11-33(31-21)9-12-3-4-15(25)16(26)7-12/h3-8,10-11H,2,9H2,1H3,(H,28,31,35). The summed E-state index contributed by atoms with van der Waals surface area (Å²) < 4.78 is 6.55. The second-order valence-electron chi connectivity index (χ2n) is 7.54. The summed E-state index contributed by atoms with van der Waals surface area (Å²) in [7, 11) is 0. The van der Waals surface area contributed by atoms with Gasteiger partial charge in [0, 0.05) is 31.2 Å². The molecule has 4 heterocycles. The molecule has 4 aromatic heterocycles. The molecule has 0 radical (unpaired) electrons. The van der Waals surface area contributed by atoms with Gasteiger partial charge in [-0.2, -0.15) is 15.3 Å². The summed E-state index contributed by atoms with van der Waals surface area (Å²) in [6, 6.07) is 8.80. The number of benzene rings is 1. The molecular weight excluding hydrogens is 623 g/mol. The van der Waals surface area contributed by atoms with Gasteiger partial charge in [-0.3, -0.25) is 14.2 Å². The van der Waals surface area contributed by atoms with Crippen molar-refractivity contribution in [2.75, 3.05) is 5.32 Å². The van der Waals surface area contributed by atoms with Gasteiger partial charge in [0.25, 0.3) is 5.91 Å². The Bertz CT molecular complexity index is 1580. The van der Waals surface area contributed by atoms with E-state index in [4.69, 9.17) is 23.2 Å². The summed E-state index contributed by atoms with van der Waals surface area (Å²) >= 11 is 19.1. The summed E-state index contributed by atoms with van der Waals surface area (Å²) in [5.74, 6) is -0.0511. The molecule has 1 amide bonds. The van der Waals surface area contributed by atoms with Gasteiger partial charge in [-0.1, -0.05) is 29.3 Å². The SMILES string of the molecule is CCn1cc(Br)c(-c2ccnc3cc(C(=O)Nc4nn(Cc5ccc(Cl)c(Cl)c5)cc4Br)nn23)n1. The highest BCUT2D eigenvalue weighted by Gasteiger charge is 2.19. The highest BCUT2D eigenvalue weighted by atomic mass is 79.9. The van der Waals surface area contributed by atoms with E-state index in [1.165, 1.54) is 0 Å². The second kappa shape index (κ2) is 9.73. The van der Waals surface area contributed by atoms with Crippen LogP contribution in [0.25, 0.3) is 17.0 Å². The molecule has 0 aliphatic carbocycles. The first-order chi connectivity index (χ1) is 16.8. The first-order valence-corrected chi connectivity index (χ1v) is 12.7. The van der Waals surface area contributed by atoms with Crippen molar-refractivity contribution in [1.82, 2.24) is 34.2 Å². The van der Waals surface area contributed by atoms with Gasteiger partial charge in [-0.05, 0) is 62.5 Å². The largest absolute Gasteiger partial charge is 0.303 e. The van der Waals surface area contributed by atoms with E-state index in [2.05, 4.69) is 57.5 Å². The maximum atomic E-state index is 13.0. The Hall–Kier alpha value is -2.73. The summed E-state index contributed by atoms with van der Waals surface area (Å²) in [5, 5.41) is 17.3. The third-order valence-electron chi connectivity index (χ3n) is 5.15. The fourth-order valence-electron chi connectivity index (χ4n) is 3.48. The number of nitrogens with one attached hydrogen (secondary N) is 1. The maximum Gasteiger partial charge on any atom is 0.277 e. The molecule has 0 fully saturated rings. The number of nitrogens with zero attached hydrogens (tertiary/aromatic N) is 7. The topological polar surface area (TPSA) is 94.9 Å². The number of carbonyl (C=O) groups is 1. The third-order valence-corrected chi connectivity index (χ3v) is 7.05. The van der Waals surface area contributed by atoms with Gasteiger partial charge in [0.1, 0.15) is 5.69 Å². The lowest BCUT2D eigenvalue weighted by molar-refractivity contribution is 0.102. The maximum absolute atomic E-state index is 13.0. The van der Waals surface area contributed by atoms with Gasteiger partial charge in [-0.25, -0.2) is 9.50 Å². The number of carbonyl (C=O) groups excluding carboxylic acids is 1. The molecule has 0 saturated heterocycles. The Labute approximate surface area is 226 Å². The zero-order valence-electron chi connectivity index (χ0n) is 18.1. The van der Waals surface area contributed by atoms with Crippen LogP contribution in [0.1, 0.15) is 23.0 Å². The lowest BCUT2D eigenvalue weighted by Gasteiger charge is -2.04. The molecule has 1 N–H and O–H groups in total. The van der Waals surface area contributed by atoms with Crippen LogP contribution in [0, 0.1) is 0 Å². The highest BCUT2D eigenvalue weighted by molar-refractivity contribution is 9.11. The fourth-order valence-corrected chi connectivity index (χ4v) is 4.73. The molecule has 0 bridgehead atoms. The Kier molecular flexibility index (Phi) is 6.67. The molecule has 178 valence electrons. The van der Waals surface area contributed by atoms with E-state index < -0.39 is 5.91 Å². The van der Waals surface area contributed by atoms with Crippen molar-refractivity contribution >= 4 is 72.4 Å². The minimum absolute atomic E-state index is 0.196. The number of hydrogen-bond acceptors (Lipinski definition) is 5. The van der Waals surface area contributed by atoms with Crippen LogP contribution in [0.3, 0.4) is 0 Å². The summed E-state index contributed by atoms with van der Waals surface area (Å²) in [4.78, 5) is 17.3. The van der Waals surface area contributed by atoms with Crippen LogP contribution in [0.15, 0.2) is 57.9 Å². The van der Waals surface area contributed by atoms with Crippen molar-refractivity contribution in [1.29, 1.82) is 0 Å². The number of hydrogen-bond donors (Lipinski definition) is 1. The third kappa shape index (κ3) is 4.86. The van der Waals surface area contributed by atoms with Gasteiger partial charge in [0.05, 0.1) is 31.2 Å². The Morgan fingerprint density at radius 2 is 1.80 bits per heavy atom. The molecule has 1 aromatic carbocycles. The van der Waals surface area contributed by atoms with Crippen molar-refractivity contribution in [2.24, 2.45) is 0 Å². The highest BCUT2D eigenvalue weighted by Crippen LogP contribution is 2.28. The number of fused-ring (bicyclic) bond motifs is 1. The number of aromatic nitrogens is 7. The smallest absolute Gasteiger partial charge is 0.277 e. The molecule has 0 saturated carbocycles. The van der Waals surface area contributed by atoms with Gasteiger partial charge in [0.2, 0.25) is 0 Å². The first kappa shape index (κ1) is 24.0. The van der Waals surface area contributed by atoms with Crippen LogP contribution in [0.5, 0.6) is 0 Å². The molecule has 0 aliphatic heterocycles. The molecule has 35 heavy (non-hydrogen) atoms. The number of rotatable bonds is 6. The predicted molar refractivity (Wildman–Crippen MR) is 141 cm³/mol. The monoisotopic (exact) mass is 636 g/mol. The molecule has 0 atom stereocenters. The average molecular weight is 639 g/mol. The Morgan fingerprint density at radius 1 is 1.00 bits per heavy atom. The van der Waals surface area contributed by atoms with E-state index in [1.54, 1.807) is 45.9 Å². The van der Waals surface area contributed by atoms with Crippen LogP contribution < -0.4 is 5.32 Å². The van der Waals surface area contributed by atoms with Gasteiger partial charge >= 0.3 is 0 Å². The zero-order chi connectivity index (χ0) is 24.7. The fraction of sp³-hybridized carbons (Fsp3) is 0.136. The molecule has 5 rings (SSSR count). The van der Waals surface area contributed by atoms with Crippen molar-refractivity contribution in [3.8, 4) is 11.4 Å². The molecule has 13 heteroatoms. The van der Waals surface area contributed by atoms with E-state index in [9.17, 15) is 4.79 Å². The van der Waals surface area contributed by atoms with Crippen LogP contribution in [-0.4, -0.2) is 40.1 Å². The number of halogens is 4. The zero-order valence-corrected chi connectivity index (χ0v) is 22.8. The molecule has 0 spiro atoms. The van der Waals surface area contributed by atoms with Gasteiger partial charge < -0.3 is 5.32 Å². The number of amides is 1. The lowest BCUT2D eigenvalue weighted by Crippen LogP contribution is -2.14. The lowest BCUT2D eigenvalue weighted by atomic mass is 10.2. The summed E-state index contributed by atoms with van der Waals surface area (Å²) in [5.41, 5.74) is 3.05. The van der Waals surface area contributed by atoms with Crippen molar-refractivity contribution in [2.45, 2.75) is 20.0 Å². The van der Waals surface area contributed by atoms with E-state index >= 15 is 0 Å². The van der Waals surface area contributed by atoms with Crippen molar-refractivity contribution in [3.05, 3.63) is 79.2 Å². The van der Waals surface area contributed by atoms with Crippen LogP contribution in [0.4, 0.5) is 5.82 Å². The molecular formula is C22H16Br2Cl2N8O. The molecule has 5 aromatic rings.